The van der Waals surface area contributed by atoms with Gasteiger partial charge in [0, 0.05) is 20.2 Å². The van der Waals surface area contributed by atoms with E-state index in [-0.39, 0.29) is 0 Å². The number of rotatable bonds is 8. The van der Waals surface area contributed by atoms with Gasteiger partial charge in [-0.15, -0.1) is 0 Å². The molecule has 1 aromatic carbocycles. The number of carbonyl (C=O) groups excluding carboxylic acids is 1. The van der Waals surface area contributed by atoms with E-state index in [1.807, 2.05) is 42.3 Å². The minimum atomic E-state index is -1.17. The van der Waals surface area contributed by atoms with Crippen LogP contribution in [0.1, 0.15) is 12.5 Å². The Bertz CT molecular complexity index is 411. The van der Waals surface area contributed by atoms with E-state index in [0.717, 1.165) is 5.56 Å². The van der Waals surface area contributed by atoms with Crippen molar-refractivity contribution >= 4 is 5.97 Å². The molecule has 1 atom stereocenters. The number of hydrogen-bond donors (Lipinski definition) is 1. The van der Waals surface area contributed by atoms with Crippen LogP contribution in [0.2, 0.25) is 0 Å². The Morgan fingerprint density at radius 2 is 2.00 bits per heavy atom. The molecule has 1 rings (SSSR count). The van der Waals surface area contributed by atoms with Crippen LogP contribution in [-0.2, 0) is 19.8 Å². The maximum Gasteiger partial charge on any atom is 0.332 e. The molecule has 0 saturated carbocycles. The van der Waals surface area contributed by atoms with E-state index in [2.05, 4.69) is 0 Å². The predicted molar refractivity (Wildman–Crippen MR) is 78.3 cm³/mol. The maximum absolute atomic E-state index is 12.3. The van der Waals surface area contributed by atoms with Gasteiger partial charge in [0.05, 0.1) is 13.2 Å². The Hall–Kier alpha value is -1.43. The van der Waals surface area contributed by atoms with Crippen LogP contribution in [0.3, 0.4) is 0 Å². The first kappa shape index (κ1) is 16.6. The van der Waals surface area contributed by atoms with Crippen molar-refractivity contribution in [3.8, 4) is 0 Å². The van der Waals surface area contributed by atoms with Gasteiger partial charge in [0.15, 0.2) is 5.54 Å². The molecule has 0 aromatic heterocycles. The van der Waals surface area contributed by atoms with E-state index < -0.39 is 11.5 Å². The van der Waals surface area contributed by atoms with Gasteiger partial charge in [0.2, 0.25) is 0 Å². The monoisotopic (exact) mass is 280 g/mol. The summed E-state index contributed by atoms with van der Waals surface area (Å²) < 4.78 is 10.2. The molecule has 1 unspecified atom stereocenters. The van der Waals surface area contributed by atoms with Gasteiger partial charge in [-0.1, -0.05) is 30.3 Å². The van der Waals surface area contributed by atoms with Crippen molar-refractivity contribution in [3.63, 3.8) is 0 Å². The zero-order chi connectivity index (χ0) is 15.0. The molecule has 0 bridgehead atoms. The number of carbonyl (C=O) groups is 1. The first-order chi connectivity index (χ1) is 9.54. The molecule has 0 heterocycles. The molecule has 0 aliphatic rings. The summed E-state index contributed by atoms with van der Waals surface area (Å²) in [7, 11) is 3.55. The molecular formula is C15H24N2O3. The van der Waals surface area contributed by atoms with Crippen LogP contribution in [-0.4, -0.2) is 51.3 Å². The highest BCUT2D eigenvalue weighted by Crippen LogP contribution is 2.21. The molecule has 0 aliphatic heterocycles. The fourth-order valence-electron chi connectivity index (χ4n) is 2.02. The zero-order valence-corrected chi connectivity index (χ0v) is 12.5. The van der Waals surface area contributed by atoms with Crippen molar-refractivity contribution in [2.45, 2.75) is 12.5 Å². The lowest BCUT2D eigenvalue weighted by atomic mass is 9.90. The second kappa shape index (κ2) is 7.99. The molecule has 0 fully saturated rings. The van der Waals surface area contributed by atoms with Crippen molar-refractivity contribution in [1.82, 2.24) is 4.90 Å². The van der Waals surface area contributed by atoms with Crippen molar-refractivity contribution in [3.05, 3.63) is 35.9 Å². The van der Waals surface area contributed by atoms with Crippen LogP contribution in [0.15, 0.2) is 30.3 Å². The van der Waals surface area contributed by atoms with E-state index in [4.69, 9.17) is 15.2 Å². The molecule has 0 saturated heterocycles. The second-order valence-electron chi connectivity index (χ2n) is 4.79. The lowest BCUT2D eigenvalue weighted by Gasteiger charge is -2.31. The SMILES string of the molecule is CCOC(=O)C(N)(CN(C)CCOC)c1ccccc1. The third kappa shape index (κ3) is 4.30. The molecule has 2 N–H and O–H groups in total. The Kier molecular flexibility index (Phi) is 6.64. The van der Waals surface area contributed by atoms with Gasteiger partial charge < -0.3 is 20.1 Å². The summed E-state index contributed by atoms with van der Waals surface area (Å²) in [4.78, 5) is 14.2. The third-order valence-electron chi connectivity index (χ3n) is 3.13. The lowest BCUT2D eigenvalue weighted by Crippen LogP contribution is -2.54. The average Bonchev–Trinajstić information content (AvgIpc) is 2.46. The molecule has 0 radical (unpaired) electrons. The number of ether oxygens (including phenoxy) is 2. The lowest BCUT2D eigenvalue weighted by molar-refractivity contribution is -0.151. The Balaban J connectivity index is 2.93. The van der Waals surface area contributed by atoms with Crippen LogP contribution in [0.5, 0.6) is 0 Å². The Morgan fingerprint density at radius 1 is 1.35 bits per heavy atom. The quantitative estimate of drug-likeness (QED) is 0.719. The molecule has 0 amide bonds. The van der Waals surface area contributed by atoms with Crippen LogP contribution in [0.25, 0.3) is 0 Å². The van der Waals surface area contributed by atoms with Gasteiger partial charge in [-0.05, 0) is 19.5 Å². The van der Waals surface area contributed by atoms with Gasteiger partial charge in [0.1, 0.15) is 0 Å². The maximum atomic E-state index is 12.3. The second-order valence-corrected chi connectivity index (χ2v) is 4.79. The molecule has 5 heteroatoms. The summed E-state index contributed by atoms with van der Waals surface area (Å²) in [6, 6.07) is 9.32. The van der Waals surface area contributed by atoms with Gasteiger partial charge in [-0.25, -0.2) is 4.79 Å². The molecule has 0 aliphatic carbocycles. The van der Waals surface area contributed by atoms with Crippen LogP contribution in [0, 0.1) is 0 Å². The van der Waals surface area contributed by atoms with Gasteiger partial charge in [-0.2, -0.15) is 0 Å². The predicted octanol–water partition coefficient (Wildman–Crippen LogP) is 0.982. The van der Waals surface area contributed by atoms with Gasteiger partial charge in [-0.3, -0.25) is 0 Å². The number of nitrogens with zero attached hydrogens (tertiary/aromatic N) is 1. The van der Waals surface area contributed by atoms with E-state index in [0.29, 0.717) is 26.3 Å². The molecule has 0 spiro atoms. The summed E-state index contributed by atoms with van der Waals surface area (Å²) in [5, 5.41) is 0. The standard InChI is InChI=1S/C15H24N2O3/c1-4-20-14(18)15(16,12-17(2)10-11-19-3)13-8-6-5-7-9-13/h5-9H,4,10-12,16H2,1-3H3. The summed E-state index contributed by atoms with van der Waals surface area (Å²) in [5.74, 6) is -0.407. The van der Waals surface area contributed by atoms with Gasteiger partial charge in [0.25, 0.3) is 0 Å². The number of esters is 1. The molecule has 1 aromatic rings. The van der Waals surface area contributed by atoms with Crippen molar-refractivity contribution in [1.29, 1.82) is 0 Å². The smallest absolute Gasteiger partial charge is 0.332 e. The largest absolute Gasteiger partial charge is 0.464 e. The van der Waals surface area contributed by atoms with E-state index in [1.54, 1.807) is 14.0 Å². The summed E-state index contributed by atoms with van der Waals surface area (Å²) in [6.07, 6.45) is 0. The van der Waals surface area contributed by atoms with Crippen molar-refractivity contribution < 1.29 is 14.3 Å². The topological polar surface area (TPSA) is 64.8 Å². The van der Waals surface area contributed by atoms with Crippen molar-refractivity contribution in [2.75, 3.05) is 40.5 Å². The van der Waals surface area contributed by atoms with E-state index in [1.165, 1.54) is 0 Å². The summed E-state index contributed by atoms with van der Waals surface area (Å²) in [6.45, 7) is 3.75. The highest BCUT2D eigenvalue weighted by atomic mass is 16.5. The first-order valence-electron chi connectivity index (χ1n) is 6.73. The number of likely N-dealkylation sites (N-methyl/N-ethyl adjacent to an activating group) is 1. The summed E-state index contributed by atoms with van der Waals surface area (Å²) in [5.41, 5.74) is 5.95. The van der Waals surface area contributed by atoms with E-state index in [9.17, 15) is 4.79 Å². The van der Waals surface area contributed by atoms with E-state index >= 15 is 0 Å². The first-order valence-corrected chi connectivity index (χ1v) is 6.73. The molecule has 20 heavy (non-hydrogen) atoms. The fraction of sp³-hybridized carbons (Fsp3) is 0.533. The third-order valence-corrected chi connectivity index (χ3v) is 3.13. The highest BCUT2D eigenvalue weighted by Gasteiger charge is 2.38. The molecular weight excluding hydrogens is 256 g/mol. The van der Waals surface area contributed by atoms with Gasteiger partial charge >= 0.3 is 5.97 Å². The number of nitrogens with two attached hydrogens (primary N) is 1. The number of benzene rings is 1. The van der Waals surface area contributed by atoms with Crippen molar-refractivity contribution in [2.24, 2.45) is 5.73 Å². The van der Waals surface area contributed by atoms with Crippen LogP contribution < -0.4 is 5.73 Å². The fourth-order valence-corrected chi connectivity index (χ4v) is 2.02. The minimum absolute atomic E-state index is 0.312. The normalized spacial score (nSPS) is 14.1. The summed E-state index contributed by atoms with van der Waals surface area (Å²) >= 11 is 0. The van der Waals surface area contributed by atoms with Crippen LogP contribution >= 0.6 is 0 Å². The zero-order valence-electron chi connectivity index (χ0n) is 12.5. The van der Waals surface area contributed by atoms with Crippen LogP contribution in [0.4, 0.5) is 0 Å². The molecule has 112 valence electrons. The Morgan fingerprint density at radius 3 is 2.55 bits per heavy atom. The number of hydrogen-bond acceptors (Lipinski definition) is 5. The number of methoxy groups -OCH3 is 1. The minimum Gasteiger partial charge on any atom is -0.464 e. The Labute approximate surface area is 120 Å². The molecule has 5 nitrogen and oxygen atoms in total. The highest BCUT2D eigenvalue weighted by molar-refractivity contribution is 5.82. The average molecular weight is 280 g/mol.